The first-order valence-electron chi connectivity index (χ1n) is 5.94. The van der Waals surface area contributed by atoms with Crippen LogP contribution in [0.25, 0.3) is 10.7 Å². The molecule has 0 aliphatic heterocycles. The molecule has 0 aliphatic carbocycles. The van der Waals surface area contributed by atoms with E-state index in [2.05, 4.69) is 0 Å². The number of carboxylic acids is 1. The topological polar surface area (TPSA) is 80.4 Å². The quantitative estimate of drug-likeness (QED) is 0.530. The molecule has 0 atom stereocenters. The van der Waals surface area contributed by atoms with Crippen LogP contribution < -0.4 is 0 Å². The lowest BCUT2D eigenvalue weighted by molar-refractivity contribution is -0.374. The number of hydrogen-bond acceptors (Lipinski definition) is 3. The Bertz CT molecular complexity index is 708. The van der Waals surface area contributed by atoms with Crippen LogP contribution >= 0.6 is 11.6 Å². The second kappa shape index (κ2) is 6.19. The first kappa shape index (κ1) is 14.7. The highest BCUT2D eigenvalue weighted by atomic mass is 35.5. The maximum Gasteiger partial charge on any atom is 0.335 e. The number of nitro groups is 1. The molecule has 6 heteroatoms. The first-order chi connectivity index (χ1) is 10.0. The fraction of sp³-hybridized carbons (Fsp3) is 0. The second-order valence-electron chi connectivity index (χ2n) is 4.17. The summed E-state index contributed by atoms with van der Waals surface area (Å²) in [7, 11) is 0. The number of benzene rings is 2. The minimum atomic E-state index is -1.07. The van der Waals surface area contributed by atoms with Crippen LogP contribution in [-0.4, -0.2) is 16.0 Å². The average molecular weight is 304 g/mol. The standard InChI is InChI=1S/C15H10ClNO4/c16-13(10-6-8-12(9-7-10)15(18)19)14(17(20)21)11-4-2-1-3-5-11/h1-9H,(H,18,19). The van der Waals surface area contributed by atoms with Crippen LogP contribution in [0.1, 0.15) is 21.5 Å². The summed E-state index contributed by atoms with van der Waals surface area (Å²) in [4.78, 5) is 21.5. The number of halogens is 1. The Morgan fingerprint density at radius 1 is 0.952 bits per heavy atom. The molecule has 106 valence electrons. The molecule has 1 N–H and O–H groups in total. The van der Waals surface area contributed by atoms with Crippen molar-refractivity contribution in [3.05, 3.63) is 81.4 Å². The highest BCUT2D eigenvalue weighted by molar-refractivity contribution is 6.52. The lowest BCUT2D eigenvalue weighted by Crippen LogP contribution is -2.01. The number of carboxylic acid groups (broad SMARTS) is 1. The van der Waals surface area contributed by atoms with E-state index in [4.69, 9.17) is 16.7 Å². The zero-order chi connectivity index (χ0) is 15.4. The molecule has 0 amide bonds. The minimum Gasteiger partial charge on any atom is -0.478 e. The van der Waals surface area contributed by atoms with Crippen LogP contribution in [0.4, 0.5) is 0 Å². The van der Waals surface area contributed by atoms with Gasteiger partial charge in [-0.1, -0.05) is 41.9 Å². The summed E-state index contributed by atoms with van der Waals surface area (Å²) < 4.78 is 0. The number of hydrogen-bond donors (Lipinski definition) is 1. The van der Waals surface area contributed by atoms with Crippen molar-refractivity contribution in [2.45, 2.75) is 0 Å². The van der Waals surface area contributed by atoms with Gasteiger partial charge < -0.3 is 5.11 Å². The average Bonchev–Trinajstić information content (AvgIpc) is 2.48. The van der Waals surface area contributed by atoms with E-state index < -0.39 is 10.9 Å². The van der Waals surface area contributed by atoms with Gasteiger partial charge in [-0.25, -0.2) is 4.79 Å². The summed E-state index contributed by atoms with van der Waals surface area (Å²) >= 11 is 6.12. The smallest absolute Gasteiger partial charge is 0.335 e. The molecule has 0 fully saturated rings. The second-order valence-corrected chi connectivity index (χ2v) is 4.55. The Hall–Kier alpha value is -2.66. The molecule has 0 aliphatic rings. The van der Waals surface area contributed by atoms with Gasteiger partial charge in [0.05, 0.1) is 16.1 Å². The molecule has 0 unspecified atom stereocenters. The van der Waals surface area contributed by atoms with Gasteiger partial charge in [-0.15, -0.1) is 0 Å². The maximum atomic E-state index is 11.3. The summed E-state index contributed by atoms with van der Waals surface area (Å²) in [5.74, 6) is -1.07. The SMILES string of the molecule is O=C(O)c1ccc(C(Cl)=C(c2ccccc2)[N+](=O)[O-])cc1. The first-order valence-corrected chi connectivity index (χ1v) is 6.32. The summed E-state index contributed by atoms with van der Waals surface area (Å²) in [6, 6.07) is 13.9. The third kappa shape index (κ3) is 3.27. The van der Waals surface area contributed by atoms with Crippen LogP contribution in [0.15, 0.2) is 54.6 Å². The molecule has 0 bridgehead atoms. The van der Waals surface area contributed by atoms with Gasteiger partial charge in [0.15, 0.2) is 0 Å². The molecular weight excluding hydrogens is 294 g/mol. The summed E-state index contributed by atoms with van der Waals surface area (Å²) in [5, 5.41) is 20.1. The zero-order valence-corrected chi connectivity index (χ0v) is 11.4. The number of aromatic carboxylic acids is 1. The van der Waals surface area contributed by atoms with Gasteiger partial charge >= 0.3 is 5.97 Å². The molecule has 2 rings (SSSR count). The van der Waals surface area contributed by atoms with Crippen LogP contribution in [0.3, 0.4) is 0 Å². The van der Waals surface area contributed by atoms with Crippen molar-refractivity contribution in [1.29, 1.82) is 0 Å². The minimum absolute atomic E-state index is 0.0388. The lowest BCUT2D eigenvalue weighted by Gasteiger charge is -2.04. The predicted molar refractivity (Wildman–Crippen MR) is 79.5 cm³/mol. The molecule has 0 spiro atoms. The van der Waals surface area contributed by atoms with Gasteiger partial charge in [-0.3, -0.25) is 10.1 Å². The van der Waals surface area contributed by atoms with E-state index in [1.165, 1.54) is 24.3 Å². The van der Waals surface area contributed by atoms with E-state index in [1.807, 2.05) is 0 Å². The molecule has 0 heterocycles. The van der Waals surface area contributed by atoms with E-state index in [1.54, 1.807) is 30.3 Å². The van der Waals surface area contributed by atoms with Crippen molar-refractivity contribution in [2.75, 3.05) is 0 Å². The Morgan fingerprint density at radius 2 is 1.48 bits per heavy atom. The van der Waals surface area contributed by atoms with Crippen molar-refractivity contribution in [1.82, 2.24) is 0 Å². The number of rotatable bonds is 4. The maximum absolute atomic E-state index is 11.3. The summed E-state index contributed by atoms with van der Waals surface area (Å²) in [5.41, 5.74) is 0.637. The van der Waals surface area contributed by atoms with Crippen LogP contribution in [0, 0.1) is 10.1 Å². The van der Waals surface area contributed by atoms with Crippen molar-refractivity contribution in [3.63, 3.8) is 0 Å². The number of carbonyl (C=O) groups is 1. The van der Waals surface area contributed by atoms with Gasteiger partial charge in [0.2, 0.25) is 0 Å². The van der Waals surface area contributed by atoms with E-state index >= 15 is 0 Å². The Morgan fingerprint density at radius 3 is 1.95 bits per heavy atom. The van der Waals surface area contributed by atoms with Crippen molar-refractivity contribution in [3.8, 4) is 0 Å². The molecule has 5 nitrogen and oxygen atoms in total. The molecule has 2 aromatic carbocycles. The monoisotopic (exact) mass is 303 g/mol. The normalized spacial score (nSPS) is 11.7. The molecule has 0 saturated carbocycles. The Kier molecular flexibility index (Phi) is 4.35. The zero-order valence-electron chi connectivity index (χ0n) is 10.7. The lowest BCUT2D eigenvalue weighted by atomic mass is 10.1. The predicted octanol–water partition coefficient (Wildman–Crippen LogP) is 3.73. The highest BCUT2D eigenvalue weighted by Crippen LogP contribution is 2.30. The van der Waals surface area contributed by atoms with E-state index in [9.17, 15) is 14.9 Å². The fourth-order valence-corrected chi connectivity index (χ4v) is 2.11. The van der Waals surface area contributed by atoms with Gasteiger partial charge in [0.25, 0.3) is 5.70 Å². The van der Waals surface area contributed by atoms with Gasteiger partial charge in [0.1, 0.15) is 5.03 Å². The third-order valence-electron chi connectivity index (χ3n) is 2.82. The van der Waals surface area contributed by atoms with E-state index in [0.29, 0.717) is 11.1 Å². The third-order valence-corrected chi connectivity index (χ3v) is 3.22. The molecule has 0 radical (unpaired) electrons. The number of nitrogens with zero attached hydrogens (tertiary/aromatic N) is 1. The Balaban J connectivity index is 2.52. The summed E-state index contributed by atoms with van der Waals surface area (Å²) in [6.07, 6.45) is 0. The molecule has 21 heavy (non-hydrogen) atoms. The highest BCUT2D eigenvalue weighted by Gasteiger charge is 2.21. The van der Waals surface area contributed by atoms with E-state index in [0.717, 1.165) is 0 Å². The summed E-state index contributed by atoms with van der Waals surface area (Å²) in [6.45, 7) is 0. The largest absolute Gasteiger partial charge is 0.478 e. The van der Waals surface area contributed by atoms with Crippen molar-refractivity contribution in [2.24, 2.45) is 0 Å². The molecule has 2 aromatic rings. The van der Waals surface area contributed by atoms with Crippen molar-refractivity contribution < 1.29 is 14.8 Å². The van der Waals surface area contributed by atoms with Crippen LogP contribution in [0.5, 0.6) is 0 Å². The van der Waals surface area contributed by atoms with Crippen molar-refractivity contribution >= 4 is 28.3 Å². The Labute approximate surface area is 125 Å². The molecule has 0 saturated heterocycles. The van der Waals surface area contributed by atoms with Crippen LogP contribution in [0.2, 0.25) is 0 Å². The van der Waals surface area contributed by atoms with Crippen LogP contribution in [-0.2, 0) is 0 Å². The van der Waals surface area contributed by atoms with E-state index in [-0.39, 0.29) is 16.3 Å². The van der Waals surface area contributed by atoms with Gasteiger partial charge in [-0.2, -0.15) is 0 Å². The molecular formula is C15H10ClNO4. The fourth-order valence-electron chi connectivity index (χ4n) is 1.80. The molecule has 0 aromatic heterocycles. The van der Waals surface area contributed by atoms with Gasteiger partial charge in [0, 0.05) is 5.56 Å². The van der Waals surface area contributed by atoms with Gasteiger partial charge in [-0.05, 0) is 24.3 Å².